The summed E-state index contributed by atoms with van der Waals surface area (Å²) >= 11 is 0. The van der Waals surface area contributed by atoms with Crippen molar-refractivity contribution in [2.45, 2.75) is 23.6 Å². The maximum absolute atomic E-state index is 11.2. The molecule has 0 heterocycles. The topological polar surface area (TPSA) is 118 Å². The minimum Gasteiger partial charge on any atom is -0.457 e. The Hall–Kier alpha value is -1.94. The van der Waals surface area contributed by atoms with Crippen LogP contribution in [0.25, 0.3) is 0 Å². The van der Waals surface area contributed by atoms with Gasteiger partial charge in [0.05, 0.1) is 9.79 Å². The summed E-state index contributed by atoms with van der Waals surface area (Å²) in [5, 5.41) is 0. The summed E-state index contributed by atoms with van der Waals surface area (Å²) in [6.07, 6.45) is 0. The van der Waals surface area contributed by atoms with Gasteiger partial charge >= 0.3 is 0 Å². The number of aryl methyl sites for hydroxylation is 2. The van der Waals surface area contributed by atoms with Crippen LogP contribution in [0.5, 0.6) is 11.5 Å². The first-order chi connectivity index (χ1) is 10.4. The van der Waals surface area contributed by atoms with Gasteiger partial charge in [0.1, 0.15) is 11.5 Å². The molecule has 0 atom stereocenters. The van der Waals surface area contributed by atoms with Gasteiger partial charge in [-0.2, -0.15) is 16.8 Å². The maximum atomic E-state index is 11.2. The van der Waals surface area contributed by atoms with Gasteiger partial charge < -0.3 is 4.74 Å². The highest BCUT2D eigenvalue weighted by Crippen LogP contribution is 2.28. The van der Waals surface area contributed by atoms with Crippen molar-refractivity contribution < 1.29 is 30.7 Å². The van der Waals surface area contributed by atoms with Gasteiger partial charge in [-0.3, -0.25) is 9.11 Å². The number of ether oxygens (including phenoxy) is 1. The van der Waals surface area contributed by atoms with Crippen LogP contribution in [0.4, 0.5) is 0 Å². The minimum atomic E-state index is -4.40. The van der Waals surface area contributed by atoms with Crippen LogP contribution in [0.2, 0.25) is 0 Å². The fraction of sp³-hybridized carbons (Fsp3) is 0.143. The minimum absolute atomic E-state index is 0.101. The highest BCUT2D eigenvalue weighted by atomic mass is 32.2. The summed E-state index contributed by atoms with van der Waals surface area (Å²) in [5.41, 5.74) is 1.05. The summed E-state index contributed by atoms with van der Waals surface area (Å²) in [6.45, 7) is 3.22. The van der Waals surface area contributed by atoms with Crippen LogP contribution >= 0.6 is 0 Å². The molecule has 2 rings (SSSR count). The predicted octanol–water partition coefficient (Wildman–Crippen LogP) is 2.59. The van der Waals surface area contributed by atoms with Crippen LogP contribution in [0.3, 0.4) is 0 Å². The highest BCUT2D eigenvalue weighted by Gasteiger charge is 2.14. The van der Waals surface area contributed by atoms with E-state index in [1.54, 1.807) is 13.8 Å². The van der Waals surface area contributed by atoms with Gasteiger partial charge in [0.2, 0.25) is 0 Å². The molecule has 2 aromatic rings. The van der Waals surface area contributed by atoms with Gasteiger partial charge in [0.15, 0.2) is 0 Å². The van der Waals surface area contributed by atoms with Gasteiger partial charge in [0, 0.05) is 12.1 Å². The Morgan fingerprint density at radius 1 is 0.696 bits per heavy atom. The summed E-state index contributed by atoms with van der Waals surface area (Å²) in [7, 11) is -8.79. The van der Waals surface area contributed by atoms with Crippen LogP contribution in [0, 0.1) is 13.8 Å². The molecule has 23 heavy (non-hydrogen) atoms. The Kier molecular flexibility index (Phi) is 4.49. The van der Waals surface area contributed by atoms with E-state index >= 15 is 0 Å². The third-order valence-electron chi connectivity index (χ3n) is 2.88. The zero-order valence-electron chi connectivity index (χ0n) is 12.2. The third kappa shape index (κ3) is 4.52. The molecule has 2 aromatic carbocycles. The lowest BCUT2D eigenvalue weighted by molar-refractivity contribution is 0.467. The quantitative estimate of drug-likeness (QED) is 0.806. The Morgan fingerprint density at radius 2 is 1.04 bits per heavy atom. The van der Waals surface area contributed by atoms with Crippen molar-refractivity contribution in [3.63, 3.8) is 0 Å². The van der Waals surface area contributed by atoms with E-state index in [1.807, 2.05) is 0 Å². The van der Waals surface area contributed by atoms with Gasteiger partial charge in [0.25, 0.3) is 20.2 Å². The third-order valence-corrected chi connectivity index (χ3v) is 4.54. The summed E-state index contributed by atoms with van der Waals surface area (Å²) in [5.74, 6) is 0.203. The van der Waals surface area contributed by atoms with Crippen molar-refractivity contribution in [1.29, 1.82) is 0 Å². The second-order valence-corrected chi connectivity index (χ2v) is 7.86. The molecule has 0 saturated heterocycles. The van der Waals surface area contributed by atoms with Gasteiger partial charge in [-0.25, -0.2) is 0 Å². The van der Waals surface area contributed by atoms with E-state index in [1.165, 1.54) is 24.3 Å². The van der Waals surface area contributed by atoms with E-state index in [0.29, 0.717) is 11.1 Å². The average molecular weight is 358 g/mol. The predicted molar refractivity (Wildman–Crippen MR) is 82.1 cm³/mol. The molecule has 7 nitrogen and oxygen atoms in total. The van der Waals surface area contributed by atoms with Crippen LogP contribution in [-0.2, 0) is 20.2 Å². The second kappa shape index (κ2) is 5.93. The molecular weight excluding hydrogens is 344 g/mol. The first kappa shape index (κ1) is 17.4. The van der Waals surface area contributed by atoms with Crippen molar-refractivity contribution >= 4 is 20.2 Å². The van der Waals surface area contributed by atoms with Crippen LogP contribution < -0.4 is 4.74 Å². The van der Waals surface area contributed by atoms with E-state index in [0.717, 1.165) is 12.1 Å². The van der Waals surface area contributed by atoms with Gasteiger partial charge in [-0.1, -0.05) is 0 Å². The molecule has 0 bridgehead atoms. The van der Waals surface area contributed by atoms with E-state index < -0.39 is 20.2 Å². The molecule has 0 unspecified atom stereocenters. The lowest BCUT2D eigenvalue weighted by Gasteiger charge is -2.10. The Balaban J connectivity index is 2.48. The molecule has 0 radical (unpaired) electrons. The Bertz CT molecular complexity index is 881. The first-order valence-corrected chi connectivity index (χ1v) is 9.19. The second-order valence-electron chi connectivity index (χ2n) is 5.02. The van der Waals surface area contributed by atoms with Crippen LogP contribution in [-0.4, -0.2) is 25.9 Å². The lowest BCUT2D eigenvalue weighted by atomic mass is 10.2. The molecule has 0 spiro atoms. The summed E-state index contributed by atoms with van der Waals surface area (Å²) in [6, 6.07) is 7.79. The normalized spacial score (nSPS) is 12.2. The number of benzene rings is 2. The summed E-state index contributed by atoms with van der Waals surface area (Å²) < 4.78 is 68.5. The number of hydrogen-bond acceptors (Lipinski definition) is 5. The molecule has 0 aromatic heterocycles. The molecule has 124 valence electrons. The maximum Gasteiger partial charge on any atom is 0.294 e. The number of rotatable bonds is 4. The molecule has 0 amide bonds. The first-order valence-electron chi connectivity index (χ1n) is 6.31. The molecule has 0 aliphatic rings. The molecule has 0 saturated carbocycles. The van der Waals surface area contributed by atoms with Crippen molar-refractivity contribution in [2.24, 2.45) is 0 Å². The zero-order chi connectivity index (χ0) is 17.4. The molecule has 0 aliphatic carbocycles. The Labute approximate surface area is 134 Å². The monoisotopic (exact) mass is 358 g/mol. The molecule has 0 fully saturated rings. The lowest BCUT2D eigenvalue weighted by Crippen LogP contribution is -2.00. The molecule has 0 aliphatic heterocycles. The standard InChI is InChI=1S/C14H14O7S2/c1-9-3-11(7-13(5-9)22(15,16)17)21-12-4-10(2)6-14(8-12)23(18,19)20/h3-8H,1-2H3,(H,15,16,17)(H,18,19,20). The van der Waals surface area contributed by atoms with E-state index in [2.05, 4.69) is 0 Å². The SMILES string of the molecule is Cc1cc(Oc2cc(C)cc(S(=O)(=O)O)c2)cc(S(=O)(=O)O)c1. The largest absolute Gasteiger partial charge is 0.457 e. The van der Waals surface area contributed by atoms with Crippen molar-refractivity contribution in [1.82, 2.24) is 0 Å². The smallest absolute Gasteiger partial charge is 0.294 e. The zero-order valence-corrected chi connectivity index (χ0v) is 13.8. The highest BCUT2D eigenvalue weighted by molar-refractivity contribution is 7.86. The molecular formula is C14H14O7S2. The fourth-order valence-electron chi connectivity index (χ4n) is 1.98. The van der Waals surface area contributed by atoms with E-state index in [-0.39, 0.29) is 21.3 Å². The fourth-order valence-corrected chi connectivity index (χ4v) is 3.18. The molecule has 9 heteroatoms. The van der Waals surface area contributed by atoms with Crippen molar-refractivity contribution in [3.05, 3.63) is 47.5 Å². The van der Waals surface area contributed by atoms with Crippen LogP contribution in [0.1, 0.15) is 11.1 Å². The molecule has 2 N–H and O–H groups in total. The van der Waals surface area contributed by atoms with Crippen molar-refractivity contribution in [2.75, 3.05) is 0 Å². The average Bonchev–Trinajstić information content (AvgIpc) is 2.35. The van der Waals surface area contributed by atoms with E-state index in [9.17, 15) is 16.8 Å². The Morgan fingerprint density at radius 3 is 1.35 bits per heavy atom. The van der Waals surface area contributed by atoms with Crippen molar-refractivity contribution in [3.8, 4) is 11.5 Å². The van der Waals surface area contributed by atoms with Gasteiger partial charge in [-0.05, 0) is 49.2 Å². The summed E-state index contributed by atoms with van der Waals surface area (Å²) in [4.78, 5) is -0.676. The van der Waals surface area contributed by atoms with Gasteiger partial charge in [-0.15, -0.1) is 0 Å². The van der Waals surface area contributed by atoms with Crippen LogP contribution in [0.15, 0.2) is 46.2 Å². The number of hydrogen-bond donors (Lipinski definition) is 2. The van der Waals surface area contributed by atoms with E-state index in [4.69, 9.17) is 13.8 Å².